The maximum Gasteiger partial charge on any atom is 0.0157 e. The van der Waals surface area contributed by atoms with Gasteiger partial charge in [-0.05, 0) is 26.8 Å². The fraction of sp³-hybridized carbons (Fsp3) is 1.00. The number of thiol groups is 1. The van der Waals surface area contributed by atoms with Crippen LogP contribution >= 0.6 is 12.6 Å². The molecule has 0 aromatic rings. The van der Waals surface area contributed by atoms with E-state index in [0.29, 0.717) is 11.3 Å². The number of hydrogen-bond donors (Lipinski definition) is 1. The second kappa shape index (κ2) is 2.93. The van der Waals surface area contributed by atoms with Crippen LogP contribution in [0.3, 0.4) is 0 Å². The van der Waals surface area contributed by atoms with Gasteiger partial charge >= 0.3 is 0 Å². The van der Waals surface area contributed by atoms with Crippen molar-refractivity contribution in [2.45, 2.75) is 31.6 Å². The Morgan fingerprint density at radius 3 is 2.44 bits per heavy atom. The van der Waals surface area contributed by atoms with E-state index in [4.69, 9.17) is 0 Å². The molecule has 0 aromatic heterocycles. The number of rotatable bonds is 1. The van der Waals surface area contributed by atoms with Gasteiger partial charge < -0.3 is 0 Å². The van der Waals surface area contributed by atoms with Gasteiger partial charge in [0.2, 0.25) is 0 Å². The molecule has 54 valence electrons. The Morgan fingerprint density at radius 1 is 1.56 bits per heavy atom. The Bertz CT molecular complexity index is 92.9. The van der Waals surface area contributed by atoms with Crippen LogP contribution < -0.4 is 0 Å². The van der Waals surface area contributed by atoms with Crippen molar-refractivity contribution in [2.75, 3.05) is 13.1 Å². The van der Waals surface area contributed by atoms with Crippen LogP contribution in [0.1, 0.15) is 20.3 Å². The van der Waals surface area contributed by atoms with E-state index >= 15 is 0 Å². The molecule has 1 saturated heterocycles. The highest BCUT2D eigenvalue weighted by Crippen LogP contribution is 2.15. The predicted molar refractivity (Wildman–Crippen MR) is 44.1 cm³/mol. The van der Waals surface area contributed by atoms with E-state index in [1.54, 1.807) is 0 Å². The molecule has 1 rings (SSSR count). The van der Waals surface area contributed by atoms with E-state index < -0.39 is 0 Å². The minimum absolute atomic E-state index is 0.632. The maximum absolute atomic E-state index is 4.40. The van der Waals surface area contributed by atoms with Crippen molar-refractivity contribution >= 4 is 12.6 Å². The molecule has 1 fully saturated rings. The van der Waals surface area contributed by atoms with Gasteiger partial charge in [0.15, 0.2) is 0 Å². The molecule has 0 radical (unpaired) electrons. The summed E-state index contributed by atoms with van der Waals surface area (Å²) in [7, 11) is 0. The van der Waals surface area contributed by atoms with Crippen molar-refractivity contribution < 1.29 is 0 Å². The van der Waals surface area contributed by atoms with Crippen LogP contribution in [0.2, 0.25) is 0 Å². The predicted octanol–water partition coefficient (Wildman–Crippen LogP) is 1.40. The van der Waals surface area contributed by atoms with Gasteiger partial charge in [-0.1, -0.05) is 0 Å². The Hall–Kier alpha value is 0.310. The van der Waals surface area contributed by atoms with Gasteiger partial charge in [0.25, 0.3) is 0 Å². The van der Waals surface area contributed by atoms with Gasteiger partial charge in [0.1, 0.15) is 0 Å². The van der Waals surface area contributed by atoms with Gasteiger partial charge in [-0.25, -0.2) is 0 Å². The second-order valence-corrected chi connectivity index (χ2v) is 3.76. The molecule has 2 heteroatoms. The summed E-state index contributed by atoms with van der Waals surface area (Å²) in [6.45, 7) is 6.91. The lowest BCUT2D eigenvalue weighted by Crippen LogP contribution is -2.28. The van der Waals surface area contributed by atoms with Crippen LogP contribution in [0.5, 0.6) is 0 Å². The summed E-state index contributed by atoms with van der Waals surface area (Å²) < 4.78 is 0. The molecule has 9 heavy (non-hydrogen) atoms. The molecule has 1 nitrogen and oxygen atoms in total. The molecule has 0 spiro atoms. The first kappa shape index (κ1) is 7.42. The third-order valence-corrected chi connectivity index (χ3v) is 2.35. The lowest BCUT2D eigenvalue weighted by Gasteiger charge is -2.18. The Labute approximate surface area is 62.8 Å². The maximum atomic E-state index is 4.40. The van der Waals surface area contributed by atoms with Crippen LogP contribution in [-0.2, 0) is 0 Å². The Kier molecular flexibility index (Phi) is 2.42. The molecular weight excluding hydrogens is 130 g/mol. The van der Waals surface area contributed by atoms with Crippen molar-refractivity contribution in [3.63, 3.8) is 0 Å². The molecule has 0 N–H and O–H groups in total. The summed E-state index contributed by atoms with van der Waals surface area (Å²) in [4.78, 5) is 2.47. The normalized spacial score (nSPS) is 30.0. The van der Waals surface area contributed by atoms with E-state index in [1.165, 1.54) is 19.5 Å². The van der Waals surface area contributed by atoms with Crippen LogP contribution in [0.4, 0.5) is 0 Å². The third kappa shape index (κ3) is 1.87. The van der Waals surface area contributed by atoms with E-state index in [2.05, 4.69) is 31.4 Å². The monoisotopic (exact) mass is 145 g/mol. The Morgan fingerprint density at radius 2 is 2.22 bits per heavy atom. The summed E-state index contributed by atoms with van der Waals surface area (Å²) >= 11 is 4.40. The summed E-state index contributed by atoms with van der Waals surface area (Å²) in [5, 5.41) is 0.632. The molecule has 0 bridgehead atoms. The zero-order valence-corrected chi connectivity index (χ0v) is 7.06. The van der Waals surface area contributed by atoms with Crippen LogP contribution in [0, 0.1) is 0 Å². The first-order chi connectivity index (χ1) is 4.20. The molecule has 0 aliphatic carbocycles. The first-order valence-electron chi connectivity index (χ1n) is 3.62. The highest BCUT2D eigenvalue weighted by atomic mass is 32.1. The van der Waals surface area contributed by atoms with Crippen molar-refractivity contribution in [2.24, 2.45) is 0 Å². The van der Waals surface area contributed by atoms with Gasteiger partial charge in [-0.15, -0.1) is 0 Å². The first-order valence-corrected chi connectivity index (χ1v) is 4.14. The highest BCUT2D eigenvalue weighted by Gasteiger charge is 2.20. The lowest BCUT2D eigenvalue weighted by atomic mass is 10.3. The second-order valence-electron chi connectivity index (χ2n) is 3.03. The molecule has 1 heterocycles. The number of nitrogens with zero attached hydrogens (tertiary/aromatic N) is 1. The fourth-order valence-electron chi connectivity index (χ4n) is 1.24. The van der Waals surface area contributed by atoms with Crippen LogP contribution in [0.15, 0.2) is 0 Å². The number of hydrogen-bond acceptors (Lipinski definition) is 2. The van der Waals surface area contributed by atoms with Crippen molar-refractivity contribution in [3.05, 3.63) is 0 Å². The summed E-state index contributed by atoms with van der Waals surface area (Å²) in [5.74, 6) is 0. The van der Waals surface area contributed by atoms with Gasteiger partial charge in [0.05, 0.1) is 0 Å². The van der Waals surface area contributed by atoms with Crippen LogP contribution in [0.25, 0.3) is 0 Å². The smallest absolute Gasteiger partial charge is 0.0157 e. The number of likely N-dealkylation sites (tertiary alicyclic amines) is 1. The molecule has 0 saturated carbocycles. The fourth-order valence-corrected chi connectivity index (χ4v) is 1.56. The SMILES string of the molecule is CC(C)N1CCC(S)C1. The van der Waals surface area contributed by atoms with Gasteiger partial charge in [-0.2, -0.15) is 12.6 Å². The van der Waals surface area contributed by atoms with E-state index in [1.807, 2.05) is 0 Å². The van der Waals surface area contributed by atoms with Crippen molar-refractivity contribution in [3.8, 4) is 0 Å². The van der Waals surface area contributed by atoms with Crippen molar-refractivity contribution in [1.29, 1.82) is 0 Å². The van der Waals surface area contributed by atoms with Gasteiger partial charge in [-0.3, -0.25) is 4.90 Å². The average molecular weight is 145 g/mol. The molecule has 1 aliphatic rings. The zero-order chi connectivity index (χ0) is 6.85. The molecule has 1 atom stereocenters. The molecule has 0 amide bonds. The van der Waals surface area contributed by atoms with Crippen molar-refractivity contribution in [1.82, 2.24) is 4.90 Å². The molecule has 1 aliphatic heterocycles. The molecule has 1 unspecified atom stereocenters. The van der Waals surface area contributed by atoms with Gasteiger partial charge in [0, 0.05) is 17.8 Å². The van der Waals surface area contributed by atoms with Crippen LogP contribution in [-0.4, -0.2) is 29.3 Å². The van der Waals surface area contributed by atoms with E-state index in [0.717, 1.165) is 0 Å². The highest BCUT2D eigenvalue weighted by molar-refractivity contribution is 7.81. The minimum atomic E-state index is 0.632. The largest absolute Gasteiger partial charge is 0.300 e. The quantitative estimate of drug-likeness (QED) is 0.546. The Balaban J connectivity index is 2.30. The molecule has 0 aromatic carbocycles. The summed E-state index contributed by atoms with van der Waals surface area (Å²) in [5.41, 5.74) is 0. The minimum Gasteiger partial charge on any atom is -0.300 e. The summed E-state index contributed by atoms with van der Waals surface area (Å²) in [6.07, 6.45) is 1.27. The average Bonchev–Trinajstić information content (AvgIpc) is 2.14. The summed E-state index contributed by atoms with van der Waals surface area (Å²) in [6, 6.07) is 0.710. The lowest BCUT2D eigenvalue weighted by molar-refractivity contribution is 0.277. The standard InChI is InChI=1S/C7H15NS/c1-6(2)8-4-3-7(9)5-8/h6-7,9H,3-5H2,1-2H3. The molecular formula is C7H15NS. The van der Waals surface area contributed by atoms with E-state index in [-0.39, 0.29) is 0 Å². The third-order valence-electron chi connectivity index (χ3n) is 1.93. The van der Waals surface area contributed by atoms with E-state index in [9.17, 15) is 0 Å². The zero-order valence-electron chi connectivity index (χ0n) is 6.17. The topological polar surface area (TPSA) is 3.24 Å².